The molecule has 0 bridgehead atoms. The highest BCUT2D eigenvalue weighted by molar-refractivity contribution is 6.23. The number of fused-ring (bicyclic) bond motifs is 1. The number of carbonyl (C=O) groups excluding carboxylic acids is 3. The van der Waals surface area contributed by atoms with Gasteiger partial charge in [0.1, 0.15) is 5.69 Å². The van der Waals surface area contributed by atoms with E-state index in [0.717, 1.165) is 14.2 Å². The summed E-state index contributed by atoms with van der Waals surface area (Å²) >= 11 is 0. The molecule has 2 heterocycles. The number of aromatic nitrogens is 3. The normalized spacial score (nSPS) is 10.6. The lowest BCUT2D eigenvalue weighted by Crippen LogP contribution is -2.34. The number of esters is 2. The third kappa shape index (κ3) is 2.22. The fourth-order valence-corrected chi connectivity index (χ4v) is 1.73. The minimum absolute atomic E-state index is 0.0612. The summed E-state index contributed by atoms with van der Waals surface area (Å²) in [5.74, 6) is -4.50. The van der Waals surface area contributed by atoms with Gasteiger partial charge in [0.25, 0.3) is 0 Å². The third-order valence-corrected chi connectivity index (χ3v) is 2.71. The molecule has 20 heavy (non-hydrogen) atoms. The number of aromatic amines is 1. The lowest BCUT2D eigenvalue weighted by atomic mass is 10.0. The summed E-state index contributed by atoms with van der Waals surface area (Å²) in [6.45, 7) is 0. The highest BCUT2D eigenvalue weighted by atomic mass is 16.5. The molecule has 0 unspecified atom stereocenters. The third-order valence-electron chi connectivity index (χ3n) is 2.71. The molecule has 1 N–H and O–H groups in total. The Morgan fingerprint density at radius 2 is 1.85 bits per heavy atom. The van der Waals surface area contributed by atoms with E-state index in [1.54, 1.807) is 12.1 Å². The molecule has 8 nitrogen and oxygen atoms in total. The second-order valence-corrected chi connectivity index (χ2v) is 3.82. The van der Waals surface area contributed by atoms with E-state index in [0.29, 0.717) is 11.0 Å². The average molecular weight is 277 g/mol. The van der Waals surface area contributed by atoms with Gasteiger partial charge >= 0.3 is 11.9 Å². The summed E-state index contributed by atoms with van der Waals surface area (Å²) in [6, 6.07) is 3.21. The minimum atomic E-state index is -1.70. The second kappa shape index (κ2) is 5.47. The predicted octanol–water partition coefficient (Wildman–Crippen LogP) is 0.103. The molecule has 104 valence electrons. The van der Waals surface area contributed by atoms with E-state index < -0.39 is 23.6 Å². The zero-order chi connectivity index (χ0) is 14.7. The number of hydrogen-bond acceptors (Lipinski definition) is 7. The first kappa shape index (κ1) is 13.7. The van der Waals surface area contributed by atoms with Crippen LogP contribution in [-0.4, -0.2) is 47.1 Å². The molecule has 0 aliphatic carbocycles. The first-order valence-corrected chi connectivity index (χ1v) is 5.59. The van der Waals surface area contributed by atoms with Crippen molar-refractivity contribution in [1.29, 1.82) is 0 Å². The van der Waals surface area contributed by atoms with Crippen LogP contribution in [-0.2, 0) is 19.1 Å². The van der Waals surface area contributed by atoms with Crippen molar-refractivity contribution >= 4 is 28.8 Å². The molecule has 0 aliphatic heterocycles. The lowest BCUT2D eigenvalue weighted by molar-refractivity contribution is -0.155. The zero-order valence-electron chi connectivity index (χ0n) is 10.7. The number of ketones is 1. The van der Waals surface area contributed by atoms with Gasteiger partial charge in [-0.15, -0.1) is 0 Å². The Bertz CT molecular complexity index is 663. The Morgan fingerprint density at radius 3 is 2.45 bits per heavy atom. The van der Waals surface area contributed by atoms with Crippen LogP contribution >= 0.6 is 0 Å². The fourth-order valence-electron chi connectivity index (χ4n) is 1.73. The molecular weight excluding hydrogens is 266 g/mol. The highest BCUT2D eigenvalue weighted by Gasteiger charge is 2.38. The lowest BCUT2D eigenvalue weighted by Gasteiger charge is -2.09. The van der Waals surface area contributed by atoms with Gasteiger partial charge in [0.05, 0.1) is 14.2 Å². The van der Waals surface area contributed by atoms with Crippen LogP contribution in [0.25, 0.3) is 11.0 Å². The molecule has 0 fully saturated rings. The van der Waals surface area contributed by atoms with Crippen LogP contribution in [0.5, 0.6) is 0 Å². The van der Waals surface area contributed by atoms with Crippen LogP contribution in [0.3, 0.4) is 0 Å². The van der Waals surface area contributed by atoms with Crippen molar-refractivity contribution in [3.8, 4) is 0 Å². The van der Waals surface area contributed by atoms with Gasteiger partial charge in [-0.1, -0.05) is 0 Å². The van der Waals surface area contributed by atoms with Crippen LogP contribution in [0.15, 0.2) is 18.3 Å². The topological polar surface area (TPSA) is 111 Å². The van der Waals surface area contributed by atoms with Crippen LogP contribution in [0.4, 0.5) is 0 Å². The first-order valence-electron chi connectivity index (χ1n) is 5.59. The summed E-state index contributed by atoms with van der Waals surface area (Å²) < 4.78 is 8.90. The van der Waals surface area contributed by atoms with Gasteiger partial charge in [-0.3, -0.25) is 19.5 Å². The van der Waals surface area contributed by atoms with Crippen molar-refractivity contribution in [2.75, 3.05) is 14.2 Å². The molecule has 0 atom stereocenters. The van der Waals surface area contributed by atoms with Crippen LogP contribution in [0.1, 0.15) is 10.5 Å². The Morgan fingerprint density at radius 1 is 1.20 bits per heavy atom. The SMILES string of the molecule is COC(=O)C(C(=O)OC)C(=O)c1n[nH]c2ncccc12. The summed E-state index contributed by atoms with van der Waals surface area (Å²) in [4.78, 5) is 39.5. The Kier molecular flexibility index (Phi) is 3.74. The molecule has 0 saturated carbocycles. The first-order chi connectivity index (χ1) is 9.60. The quantitative estimate of drug-likeness (QED) is 0.479. The number of carbonyl (C=O) groups is 3. The molecule has 0 amide bonds. The molecule has 0 aliphatic rings. The van der Waals surface area contributed by atoms with E-state index in [4.69, 9.17) is 0 Å². The van der Waals surface area contributed by atoms with Gasteiger partial charge in [-0.2, -0.15) is 5.10 Å². The zero-order valence-corrected chi connectivity index (χ0v) is 10.7. The molecular formula is C12H11N3O5. The molecule has 0 spiro atoms. The van der Waals surface area contributed by atoms with E-state index in [1.165, 1.54) is 6.20 Å². The maximum Gasteiger partial charge on any atom is 0.328 e. The summed E-state index contributed by atoms with van der Waals surface area (Å²) in [7, 11) is 2.16. The fraction of sp³-hybridized carbons (Fsp3) is 0.250. The Hall–Kier alpha value is -2.77. The minimum Gasteiger partial charge on any atom is -0.468 e. The predicted molar refractivity (Wildman–Crippen MR) is 65.7 cm³/mol. The number of Topliss-reactive ketones (excluding diaryl/α,β-unsaturated/α-hetero) is 1. The second-order valence-electron chi connectivity index (χ2n) is 3.82. The summed E-state index contributed by atoms with van der Waals surface area (Å²) in [5.41, 5.74) is 0.318. The van der Waals surface area contributed by atoms with Crippen molar-refractivity contribution in [3.63, 3.8) is 0 Å². The van der Waals surface area contributed by atoms with Crippen molar-refractivity contribution < 1.29 is 23.9 Å². The number of methoxy groups -OCH3 is 2. The van der Waals surface area contributed by atoms with Gasteiger partial charge in [0.15, 0.2) is 5.65 Å². The maximum atomic E-state index is 12.3. The number of nitrogens with one attached hydrogen (secondary N) is 1. The van der Waals surface area contributed by atoms with Crippen LogP contribution < -0.4 is 0 Å². The Labute approximate surface area is 113 Å². The molecule has 8 heteroatoms. The van der Waals surface area contributed by atoms with Gasteiger partial charge < -0.3 is 9.47 Å². The Balaban J connectivity index is 2.46. The van der Waals surface area contributed by atoms with Gasteiger partial charge in [0.2, 0.25) is 11.7 Å². The molecule has 2 rings (SSSR count). The van der Waals surface area contributed by atoms with Crippen LogP contribution in [0, 0.1) is 5.92 Å². The van der Waals surface area contributed by atoms with E-state index >= 15 is 0 Å². The number of ether oxygens (including phenoxy) is 2. The van der Waals surface area contributed by atoms with E-state index in [2.05, 4.69) is 24.7 Å². The van der Waals surface area contributed by atoms with Crippen molar-refractivity contribution in [1.82, 2.24) is 15.2 Å². The monoisotopic (exact) mass is 277 g/mol. The summed E-state index contributed by atoms with van der Waals surface area (Å²) in [6.07, 6.45) is 1.52. The van der Waals surface area contributed by atoms with Crippen LogP contribution in [0.2, 0.25) is 0 Å². The van der Waals surface area contributed by atoms with E-state index in [-0.39, 0.29) is 5.69 Å². The molecule has 2 aromatic rings. The number of hydrogen-bond donors (Lipinski definition) is 1. The average Bonchev–Trinajstić information content (AvgIpc) is 2.90. The molecule has 2 aromatic heterocycles. The summed E-state index contributed by atoms with van der Waals surface area (Å²) in [5, 5.41) is 6.76. The van der Waals surface area contributed by atoms with Crippen molar-refractivity contribution in [2.45, 2.75) is 0 Å². The molecule has 0 radical (unpaired) electrons. The maximum absolute atomic E-state index is 12.3. The highest BCUT2D eigenvalue weighted by Crippen LogP contribution is 2.18. The smallest absolute Gasteiger partial charge is 0.328 e. The van der Waals surface area contributed by atoms with Gasteiger partial charge in [0, 0.05) is 11.6 Å². The largest absolute Gasteiger partial charge is 0.468 e. The number of pyridine rings is 1. The van der Waals surface area contributed by atoms with E-state index in [9.17, 15) is 14.4 Å². The standard InChI is InChI=1S/C12H11N3O5/c1-19-11(17)7(12(18)20-2)9(16)8-6-4-3-5-13-10(6)15-14-8/h3-5,7H,1-2H3,(H,13,14,15). The van der Waals surface area contributed by atoms with Crippen molar-refractivity contribution in [2.24, 2.45) is 5.92 Å². The van der Waals surface area contributed by atoms with Gasteiger partial charge in [-0.05, 0) is 12.1 Å². The number of H-pyrrole nitrogens is 1. The van der Waals surface area contributed by atoms with Crippen molar-refractivity contribution in [3.05, 3.63) is 24.0 Å². The van der Waals surface area contributed by atoms with Gasteiger partial charge in [-0.25, -0.2) is 4.98 Å². The van der Waals surface area contributed by atoms with E-state index in [1.807, 2.05) is 0 Å². The number of rotatable bonds is 4. The molecule has 0 aromatic carbocycles. The number of nitrogens with zero attached hydrogens (tertiary/aromatic N) is 2. The molecule has 0 saturated heterocycles.